The van der Waals surface area contributed by atoms with Crippen molar-refractivity contribution in [1.29, 1.82) is 0 Å². The zero-order valence-corrected chi connectivity index (χ0v) is 17.6. The van der Waals surface area contributed by atoms with Crippen LogP contribution in [0.1, 0.15) is 43.3 Å². The summed E-state index contributed by atoms with van der Waals surface area (Å²) in [5, 5.41) is 8.15. The minimum Gasteiger partial charge on any atom is -0.304 e. The molecule has 1 unspecified atom stereocenters. The molecule has 2 rings (SSSR count). The largest absolute Gasteiger partial charge is 0.304 e. The Hall–Kier alpha value is 0.310. The van der Waals surface area contributed by atoms with Crippen LogP contribution in [0.25, 0.3) is 0 Å². The van der Waals surface area contributed by atoms with Gasteiger partial charge in [-0.25, -0.2) is 0 Å². The zero-order valence-electron chi connectivity index (χ0n) is 12.0. The third-order valence-electron chi connectivity index (χ3n) is 3.09. The van der Waals surface area contributed by atoms with Gasteiger partial charge in [0.15, 0.2) is 0 Å². The van der Waals surface area contributed by atoms with Gasteiger partial charge in [-0.2, -0.15) is 5.10 Å². The average molecular weight is 500 g/mol. The fourth-order valence-electron chi connectivity index (χ4n) is 2.18. The standard InChI is InChI=1S/C14H18Br3N3S/c1-3-5-18-12(11-7-9(15)14(17)21-11)13-10(16)8-19-20(13)6-4-2/h7-8,12,18H,3-6H2,1-2H3. The van der Waals surface area contributed by atoms with E-state index in [1.165, 1.54) is 10.6 Å². The smallest absolute Gasteiger partial charge is 0.0854 e. The van der Waals surface area contributed by atoms with Gasteiger partial charge in [-0.3, -0.25) is 4.68 Å². The van der Waals surface area contributed by atoms with Crippen molar-refractivity contribution in [3.05, 3.63) is 35.6 Å². The molecule has 1 atom stereocenters. The van der Waals surface area contributed by atoms with Crippen molar-refractivity contribution < 1.29 is 0 Å². The molecule has 2 heterocycles. The number of thiophene rings is 1. The molecule has 0 saturated carbocycles. The second-order valence-electron chi connectivity index (χ2n) is 4.76. The number of nitrogens with one attached hydrogen (secondary N) is 1. The van der Waals surface area contributed by atoms with Crippen LogP contribution in [-0.4, -0.2) is 16.3 Å². The van der Waals surface area contributed by atoms with Crippen molar-refractivity contribution >= 4 is 59.1 Å². The first-order valence-corrected chi connectivity index (χ1v) is 10.2. The van der Waals surface area contributed by atoms with Gasteiger partial charge >= 0.3 is 0 Å². The molecular weight excluding hydrogens is 482 g/mol. The highest BCUT2D eigenvalue weighted by atomic mass is 79.9. The fraction of sp³-hybridized carbons (Fsp3) is 0.500. The fourth-order valence-corrected chi connectivity index (χ4v) is 4.87. The number of hydrogen-bond donors (Lipinski definition) is 1. The van der Waals surface area contributed by atoms with Crippen molar-refractivity contribution in [3.8, 4) is 0 Å². The quantitative estimate of drug-likeness (QED) is 0.527. The van der Waals surface area contributed by atoms with Gasteiger partial charge in [-0.1, -0.05) is 13.8 Å². The van der Waals surface area contributed by atoms with Crippen molar-refractivity contribution in [2.24, 2.45) is 0 Å². The van der Waals surface area contributed by atoms with E-state index in [-0.39, 0.29) is 6.04 Å². The van der Waals surface area contributed by atoms with Gasteiger partial charge < -0.3 is 5.32 Å². The summed E-state index contributed by atoms with van der Waals surface area (Å²) in [5.74, 6) is 0. The number of halogens is 3. The molecule has 0 spiro atoms. The van der Waals surface area contributed by atoms with Gasteiger partial charge in [0.05, 0.1) is 26.2 Å². The summed E-state index contributed by atoms with van der Waals surface area (Å²) < 4.78 is 5.38. The first-order valence-electron chi connectivity index (χ1n) is 6.97. The van der Waals surface area contributed by atoms with Gasteiger partial charge in [0.2, 0.25) is 0 Å². The molecule has 2 aromatic rings. The van der Waals surface area contributed by atoms with E-state index >= 15 is 0 Å². The first kappa shape index (κ1) is 17.7. The van der Waals surface area contributed by atoms with Crippen LogP contribution in [0.4, 0.5) is 0 Å². The molecule has 0 aromatic carbocycles. The van der Waals surface area contributed by atoms with E-state index in [2.05, 4.69) is 82.8 Å². The van der Waals surface area contributed by atoms with E-state index in [0.717, 1.165) is 38.7 Å². The monoisotopic (exact) mass is 497 g/mol. The van der Waals surface area contributed by atoms with Crippen LogP contribution in [0.3, 0.4) is 0 Å². The molecule has 3 nitrogen and oxygen atoms in total. The highest BCUT2D eigenvalue weighted by molar-refractivity contribution is 9.13. The maximum absolute atomic E-state index is 4.50. The lowest BCUT2D eigenvalue weighted by Gasteiger charge is -2.19. The van der Waals surface area contributed by atoms with E-state index in [1.807, 2.05) is 6.20 Å². The molecule has 0 aliphatic rings. The van der Waals surface area contributed by atoms with Crippen LogP contribution in [0.15, 0.2) is 25.0 Å². The van der Waals surface area contributed by atoms with Gasteiger partial charge in [0, 0.05) is 15.9 Å². The zero-order chi connectivity index (χ0) is 15.4. The molecule has 0 fully saturated rings. The van der Waals surface area contributed by atoms with E-state index < -0.39 is 0 Å². The third-order valence-corrected chi connectivity index (χ3v) is 7.02. The Morgan fingerprint density at radius 1 is 1.24 bits per heavy atom. The van der Waals surface area contributed by atoms with Crippen LogP contribution in [0.2, 0.25) is 0 Å². The van der Waals surface area contributed by atoms with Crippen LogP contribution < -0.4 is 5.32 Å². The Kier molecular flexibility index (Phi) is 6.93. The summed E-state index contributed by atoms with van der Waals surface area (Å²) >= 11 is 12.6. The number of nitrogens with zero attached hydrogens (tertiary/aromatic N) is 2. The molecule has 1 N–H and O–H groups in total. The molecule has 0 aliphatic carbocycles. The second kappa shape index (κ2) is 8.24. The molecule has 2 aromatic heterocycles. The van der Waals surface area contributed by atoms with E-state index in [9.17, 15) is 0 Å². The van der Waals surface area contributed by atoms with E-state index in [1.54, 1.807) is 11.3 Å². The Morgan fingerprint density at radius 2 is 2.00 bits per heavy atom. The predicted molar refractivity (Wildman–Crippen MR) is 100 cm³/mol. The van der Waals surface area contributed by atoms with Gasteiger partial charge in [0.25, 0.3) is 0 Å². The Labute approximate surface area is 154 Å². The Morgan fingerprint density at radius 3 is 2.57 bits per heavy atom. The molecule has 0 bridgehead atoms. The van der Waals surface area contributed by atoms with Crippen LogP contribution in [-0.2, 0) is 6.54 Å². The molecule has 0 radical (unpaired) electrons. The molecule has 21 heavy (non-hydrogen) atoms. The summed E-state index contributed by atoms with van der Waals surface area (Å²) in [6, 6.07) is 2.33. The van der Waals surface area contributed by atoms with Gasteiger partial charge in [-0.05, 0) is 73.2 Å². The van der Waals surface area contributed by atoms with Gasteiger partial charge in [0.1, 0.15) is 0 Å². The van der Waals surface area contributed by atoms with Crippen LogP contribution in [0, 0.1) is 0 Å². The molecule has 0 saturated heterocycles. The predicted octanol–water partition coefficient (Wildman–Crippen LogP) is 5.73. The third kappa shape index (κ3) is 4.19. The SMILES string of the molecule is CCCNC(c1cc(Br)c(Br)s1)c1c(Br)cnn1CCC. The maximum atomic E-state index is 4.50. The van der Waals surface area contributed by atoms with Crippen molar-refractivity contribution in [1.82, 2.24) is 15.1 Å². The molecule has 116 valence electrons. The molecule has 0 amide bonds. The lowest BCUT2D eigenvalue weighted by molar-refractivity contribution is 0.514. The topological polar surface area (TPSA) is 29.9 Å². The number of aromatic nitrogens is 2. The van der Waals surface area contributed by atoms with E-state index in [0.29, 0.717) is 0 Å². The first-order chi connectivity index (χ1) is 10.1. The summed E-state index contributed by atoms with van der Waals surface area (Å²) in [7, 11) is 0. The Balaban J connectivity index is 2.42. The summed E-state index contributed by atoms with van der Waals surface area (Å²) in [4.78, 5) is 1.28. The lowest BCUT2D eigenvalue weighted by atomic mass is 10.1. The summed E-state index contributed by atoms with van der Waals surface area (Å²) in [6.07, 6.45) is 4.06. The van der Waals surface area contributed by atoms with Gasteiger partial charge in [-0.15, -0.1) is 11.3 Å². The second-order valence-corrected chi connectivity index (χ2v) is 8.87. The highest BCUT2D eigenvalue weighted by Gasteiger charge is 2.23. The molecule has 7 heteroatoms. The van der Waals surface area contributed by atoms with Crippen molar-refractivity contribution in [2.75, 3.05) is 6.54 Å². The number of aryl methyl sites for hydroxylation is 1. The maximum Gasteiger partial charge on any atom is 0.0854 e. The lowest BCUT2D eigenvalue weighted by Crippen LogP contribution is -2.25. The Bertz CT molecular complexity index is 575. The number of rotatable bonds is 7. The summed E-state index contributed by atoms with van der Waals surface area (Å²) in [5.41, 5.74) is 1.20. The summed E-state index contributed by atoms with van der Waals surface area (Å²) in [6.45, 7) is 6.26. The molecular formula is C14H18Br3N3S. The van der Waals surface area contributed by atoms with Crippen molar-refractivity contribution in [2.45, 2.75) is 39.3 Å². The van der Waals surface area contributed by atoms with E-state index in [4.69, 9.17) is 0 Å². The van der Waals surface area contributed by atoms with Crippen LogP contribution >= 0.6 is 59.1 Å². The van der Waals surface area contributed by atoms with Crippen molar-refractivity contribution in [3.63, 3.8) is 0 Å². The molecule has 0 aliphatic heterocycles. The minimum atomic E-state index is 0.154. The number of hydrogen-bond acceptors (Lipinski definition) is 3. The highest BCUT2D eigenvalue weighted by Crippen LogP contribution is 2.39. The van der Waals surface area contributed by atoms with Crippen LogP contribution in [0.5, 0.6) is 0 Å². The minimum absolute atomic E-state index is 0.154. The normalized spacial score (nSPS) is 12.8. The average Bonchev–Trinajstić information content (AvgIpc) is 2.97.